The van der Waals surface area contributed by atoms with Crippen LogP contribution < -0.4 is 9.64 Å². The molecule has 0 aromatic heterocycles. The normalized spacial score (nSPS) is 18.0. The van der Waals surface area contributed by atoms with Crippen molar-refractivity contribution in [1.29, 1.82) is 0 Å². The van der Waals surface area contributed by atoms with Gasteiger partial charge in [0.05, 0.1) is 12.0 Å². The van der Waals surface area contributed by atoms with Crippen LogP contribution in [0, 0.1) is 0 Å². The molecule has 2 saturated heterocycles. The largest absolute Gasteiger partial charge is 0.497 e. The molecule has 0 unspecified atom stereocenters. The van der Waals surface area contributed by atoms with E-state index in [4.69, 9.17) is 4.74 Å². The van der Waals surface area contributed by atoms with Gasteiger partial charge in [-0.2, -0.15) is 4.31 Å². The number of carbonyl (C=O) groups is 2. The lowest BCUT2D eigenvalue weighted by Gasteiger charge is -2.34. The fourth-order valence-corrected chi connectivity index (χ4v) is 5.50. The third-order valence-electron chi connectivity index (χ3n) is 5.97. The number of piperazine rings is 1. The van der Waals surface area contributed by atoms with E-state index in [1.54, 1.807) is 46.2 Å². The maximum atomic E-state index is 12.9. The smallest absolute Gasteiger partial charge is 0.253 e. The zero-order chi connectivity index (χ0) is 22.7. The Balaban J connectivity index is 1.38. The summed E-state index contributed by atoms with van der Waals surface area (Å²) >= 11 is 0. The van der Waals surface area contributed by atoms with E-state index in [0.717, 1.165) is 18.5 Å². The first kappa shape index (κ1) is 22.3. The van der Waals surface area contributed by atoms with Crippen molar-refractivity contribution in [2.24, 2.45) is 0 Å². The van der Waals surface area contributed by atoms with Gasteiger partial charge < -0.3 is 14.5 Å². The molecule has 2 fully saturated rings. The Morgan fingerprint density at radius 3 is 2.12 bits per heavy atom. The zero-order valence-electron chi connectivity index (χ0n) is 18.1. The summed E-state index contributed by atoms with van der Waals surface area (Å²) in [5.74, 6) is 0.572. The molecule has 0 aliphatic carbocycles. The van der Waals surface area contributed by atoms with Gasteiger partial charge in [-0.05, 0) is 61.4 Å². The van der Waals surface area contributed by atoms with E-state index >= 15 is 0 Å². The molecule has 32 heavy (non-hydrogen) atoms. The topological polar surface area (TPSA) is 87.2 Å². The number of rotatable bonds is 5. The minimum Gasteiger partial charge on any atom is -0.497 e. The van der Waals surface area contributed by atoms with E-state index in [1.165, 1.54) is 23.5 Å². The molecule has 2 aliphatic rings. The second kappa shape index (κ2) is 9.30. The van der Waals surface area contributed by atoms with Gasteiger partial charge in [0.25, 0.3) is 5.91 Å². The van der Waals surface area contributed by atoms with Crippen LogP contribution in [0.1, 0.15) is 29.6 Å². The van der Waals surface area contributed by atoms with E-state index in [2.05, 4.69) is 0 Å². The van der Waals surface area contributed by atoms with Crippen LogP contribution in [0.3, 0.4) is 0 Å². The van der Waals surface area contributed by atoms with Crippen molar-refractivity contribution in [2.45, 2.75) is 24.2 Å². The van der Waals surface area contributed by atoms with Crippen LogP contribution in [0.25, 0.3) is 0 Å². The van der Waals surface area contributed by atoms with E-state index in [0.29, 0.717) is 37.4 Å². The Hall–Kier alpha value is -2.91. The fraction of sp³-hybridized carbons (Fsp3) is 0.391. The van der Waals surface area contributed by atoms with E-state index in [1.807, 2.05) is 0 Å². The Bertz CT molecular complexity index is 1080. The third kappa shape index (κ3) is 4.49. The molecule has 2 amide bonds. The molecule has 9 heteroatoms. The van der Waals surface area contributed by atoms with Crippen LogP contribution in [0.2, 0.25) is 0 Å². The molecular formula is C23H27N3O5S. The number of benzene rings is 2. The van der Waals surface area contributed by atoms with Gasteiger partial charge in [-0.1, -0.05) is 0 Å². The van der Waals surface area contributed by atoms with Gasteiger partial charge in [0, 0.05) is 50.4 Å². The number of ether oxygens (including phenoxy) is 1. The number of hydrogen-bond donors (Lipinski definition) is 0. The molecule has 2 aliphatic heterocycles. The molecule has 0 N–H and O–H groups in total. The number of carbonyl (C=O) groups excluding carboxylic acids is 2. The summed E-state index contributed by atoms with van der Waals surface area (Å²) in [7, 11) is -2.09. The Kier molecular flexibility index (Phi) is 6.48. The lowest BCUT2D eigenvalue weighted by atomic mass is 10.1. The van der Waals surface area contributed by atoms with Gasteiger partial charge in [0.15, 0.2) is 0 Å². The van der Waals surface area contributed by atoms with Crippen molar-refractivity contribution in [1.82, 2.24) is 9.21 Å². The van der Waals surface area contributed by atoms with E-state index < -0.39 is 10.0 Å². The molecule has 0 radical (unpaired) electrons. The third-order valence-corrected chi connectivity index (χ3v) is 7.89. The lowest BCUT2D eigenvalue weighted by molar-refractivity contribution is -0.119. The Morgan fingerprint density at radius 2 is 1.53 bits per heavy atom. The van der Waals surface area contributed by atoms with Gasteiger partial charge in [-0.25, -0.2) is 8.42 Å². The molecule has 0 atom stereocenters. The van der Waals surface area contributed by atoms with Crippen molar-refractivity contribution in [3.63, 3.8) is 0 Å². The molecule has 2 aromatic rings. The molecule has 0 spiro atoms. The van der Waals surface area contributed by atoms with Crippen LogP contribution in [0.5, 0.6) is 5.75 Å². The highest BCUT2D eigenvalue weighted by molar-refractivity contribution is 7.89. The molecule has 0 saturated carbocycles. The average molecular weight is 458 g/mol. The van der Waals surface area contributed by atoms with Gasteiger partial charge >= 0.3 is 0 Å². The summed E-state index contributed by atoms with van der Waals surface area (Å²) in [4.78, 5) is 28.7. The maximum Gasteiger partial charge on any atom is 0.253 e. The Morgan fingerprint density at radius 1 is 0.875 bits per heavy atom. The number of hydrogen-bond acceptors (Lipinski definition) is 5. The highest BCUT2D eigenvalue weighted by atomic mass is 32.2. The molecule has 4 rings (SSSR count). The van der Waals surface area contributed by atoms with Gasteiger partial charge in [0.1, 0.15) is 5.75 Å². The summed E-state index contributed by atoms with van der Waals surface area (Å²) in [5, 5.41) is 0. The molecular weight excluding hydrogens is 430 g/mol. The van der Waals surface area contributed by atoms with Crippen LogP contribution >= 0.6 is 0 Å². The standard InChI is InChI=1S/C23H27N3O5S/c1-31-20-9-11-21(12-10-20)32(29,30)25-16-14-24(15-17-25)23(28)18-5-7-19(8-6-18)26-13-3-2-4-22(26)27/h5-12H,2-4,13-17H2,1H3. The minimum absolute atomic E-state index is 0.115. The first-order valence-corrected chi connectivity index (χ1v) is 12.2. The summed E-state index contributed by atoms with van der Waals surface area (Å²) in [6, 6.07) is 13.4. The van der Waals surface area contributed by atoms with E-state index in [9.17, 15) is 18.0 Å². The fourth-order valence-electron chi connectivity index (χ4n) is 4.07. The molecule has 170 valence electrons. The SMILES string of the molecule is COc1ccc(S(=O)(=O)N2CCN(C(=O)c3ccc(N4CCCCC4=O)cc3)CC2)cc1. The van der Waals surface area contributed by atoms with Crippen molar-refractivity contribution in [3.8, 4) is 5.75 Å². The summed E-state index contributed by atoms with van der Waals surface area (Å²) < 4.78 is 32.3. The number of piperidine rings is 1. The first-order chi connectivity index (χ1) is 15.4. The predicted octanol–water partition coefficient (Wildman–Crippen LogP) is 2.36. The van der Waals surface area contributed by atoms with Crippen molar-refractivity contribution in [3.05, 3.63) is 54.1 Å². The number of anilines is 1. The first-order valence-electron chi connectivity index (χ1n) is 10.7. The number of sulfonamides is 1. The quantitative estimate of drug-likeness (QED) is 0.688. The number of nitrogens with zero attached hydrogens (tertiary/aromatic N) is 3. The average Bonchev–Trinajstić information content (AvgIpc) is 2.84. The molecule has 0 bridgehead atoms. The van der Waals surface area contributed by atoms with E-state index in [-0.39, 0.29) is 29.8 Å². The summed E-state index contributed by atoms with van der Waals surface area (Å²) in [5.41, 5.74) is 1.34. The molecule has 2 heterocycles. The van der Waals surface area contributed by atoms with Crippen molar-refractivity contribution >= 4 is 27.5 Å². The zero-order valence-corrected chi connectivity index (χ0v) is 18.9. The predicted molar refractivity (Wildman–Crippen MR) is 120 cm³/mol. The second-order valence-electron chi connectivity index (χ2n) is 7.92. The summed E-state index contributed by atoms with van der Waals surface area (Å²) in [6.07, 6.45) is 2.46. The maximum absolute atomic E-state index is 12.9. The number of methoxy groups -OCH3 is 1. The van der Waals surface area contributed by atoms with Crippen molar-refractivity contribution < 1.29 is 22.7 Å². The monoisotopic (exact) mass is 457 g/mol. The van der Waals surface area contributed by atoms with Crippen molar-refractivity contribution in [2.75, 3.05) is 44.7 Å². The van der Waals surface area contributed by atoms with Crippen LogP contribution in [0.4, 0.5) is 5.69 Å². The number of amides is 2. The minimum atomic E-state index is -3.62. The molecule has 8 nitrogen and oxygen atoms in total. The van der Waals surface area contributed by atoms with Crippen LogP contribution in [-0.2, 0) is 14.8 Å². The van der Waals surface area contributed by atoms with Gasteiger partial charge in [-0.3, -0.25) is 9.59 Å². The lowest BCUT2D eigenvalue weighted by Crippen LogP contribution is -2.50. The van der Waals surface area contributed by atoms with Crippen LogP contribution in [-0.4, -0.2) is 69.3 Å². The second-order valence-corrected chi connectivity index (χ2v) is 9.86. The summed E-state index contributed by atoms with van der Waals surface area (Å²) in [6.45, 7) is 1.82. The van der Waals surface area contributed by atoms with Gasteiger partial charge in [0.2, 0.25) is 15.9 Å². The van der Waals surface area contributed by atoms with Crippen LogP contribution in [0.15, 0.2) is 53.4 Å². The molecule has 2 aromatic carbocycles. The highest BCUT2D eigenvalue weighted by Gasteiger charge is 2.30. The highest BCUT2D eigenvalue weighted by Crippen LogP contribution is 2.23. The van der Waals surface area contributed by atoms with Gasteiger partial charge in [-0.15, -0.1) is 0 Å². The Labute approximate surface area is 188 Å².